The Morgan fingerprint density at radius 2 is 2.05 bits per heavy atom. The number of nitrogens with zero attached hydrogens (tertiary/aromatic N) is 2. The second-order valence-electron chi connectivity index (χ2n) is 4.59. The highest BCUT2D eigenvalue weighted by molar-refractivity contribution is 8.00. The molecule has 0 radical (unpaired) electrons. The molecule has 1 rings (SSSR count). The quantitative estimate of drug-likeness (QED) is 0.765. The fourth-order valence-electron chi connectivity index (χ4n) is 1.27. The van der Waals surface area contributed by atoms with E-state index in [2.05, 4.69) is 20.3 Å². The van der Waals surface area contributed by atoms with E-state index >= 15 is 0 Å². The Kier molecular flexibility index (Phi) is 6.50. The molecule has 7 nitrogen and oxygen atoms in total. The van der Waals surface area contributed by atoms with Crippen LogP contribution in [0.3, 0.4) is 0 Å². The third-order valence-electron chi connectivity index (χ3n) is 2.39. The average Bonchev–Trinajstić information content (AvgIpc) is 2.86. The molecule has 8 heteroatoms. The molecular weight excluding hydrogens is 282 g/mol. The van der Waals surface area contributed by atoms with Gasteiger partial charge in [-0.3, -0.25) is 14.9 Å². The zero-order chi connectivity index (χ0) is 15.1. The molecule has 0 bridgehead atoms. The number of nitrogens with one attached hydrogen (secondary N) is 1. The Hall–Kier alpha value is -1.57. The number of hydrogen-bond acceptors (Lipinski definition) is 7. The summed E-state index contributed by atoms with van der Waals surface area (Å²) in [6.07, 6.45) is 0. The van der Waals surface area contributed by atoms with Gasteiger partial charge in [-0.05, 0) is 0 Å². The summed E-state index contributed by atoms with van der Waals surface area (Å²) in [6.45, 7) is 5.59. The van der Waals surface area contributed by atoms with Gasteiger partial charge in [0, 0.05) is 11.7 Å². The molecule has 112 valence electrons. The third kappa shape index (κ3) is 5.20. The lowest BCUT2D eigenvalue weighted by molar-refractivity contribution is -0.144. The Balaban J connectivity index is 2.31. The van der Waals surface area contributed by atoms with Crippen molar-refractivity contribution in [2.24, 2.45) is 5.92 Å². The van der Waals surface area contributed by atoms with Crippen molar-refractivity contribution in [1.82, 2.24) is 10.2 Å². The van der Waals surface area contributed by atoms with Crippen molar-refractivity contribution in [3.05, 3.63) is 5.89 Å². The van der Waals surface area contributed by atoms with Gasteiger partial charge in [0.1, 0.15) is 0 Å². The van der Waals surface area contributed by atoms with Crippen molar-refractivity contribution in [2.75, 3.05) is 23.9 Å². The highest BCUT2D eigenvalue weighted by Crippen LogP contribution is 2.15. The lowest BCUT2D eigenvalue weighted by Crippen LogP contribution is -2.18. The van der Waals surface area contributed by atoms with Crippen LogP contribution in [0.25, 0.3) is 0 Å². The van der Waals surface area contributed by atoms with E-state index in [1.54, 1.807) is 6.92 Å². The average molecular weight is 301 g/mol. The maximum atomic E-state index is 11.6. The van der Waals surface area contributed by atoms with Crippen LogP contribution in [0.1, 0.15) is 32.6 Å². The number of esters is 1. The lowest BCUT2D eigenvalue weighted by Gasteiger charge is -2.07. The minimum atomic E-state index is -0.281. The van der Waals surface area contributed by atoms with Gasteiger partial charge in [0.15, 0.2) is 0 Å². The Morgan fingerprint density at radius 1 is 1.35 bits per heavy atom. The molecule has 0 aromatic carbocycles. The van der Waals surface area contributed by atoms with Gasteiger partial charge in [-0.15, -0.1) is 5.10 Å². The summed E-state index contributed by atoms with van der Waals surface area (Å²) in [6, 6.07) is 0.0975. The number of carbonyl (C=O) groups excluding carboxylic acids is 2. The first kappa shape index (κ1) is 16.5. The van der Waals surface area contributed by atoms with Crippen LogP contribution in [0.15, 0.2) is 4.42 Å². The molecule has 1 atom stereocenters. The second-order valence-corrected chi connectivity index (χ2v) is 5.62. The van der Waals surface area contributed by atoms with Crippen LogP contribution < -0.4 is 5.32 Å². The molecular formula is C12H19N3O4S. The van der Waals surface area contributed by atoms with Crippen molar-refractivity contribution < 1.29 is 18.7 Å². The van der Waals surface area contributed by atoms with Crippen LogP contribution in [0.4, 0.5) is 6.01 Å². The number of ether oxygens (including phenoxy) is 1. The van der Waals surface area contributed by atoms with Crippen molar-refractivity contribution in [3.63, 3.8) is 0 Å². The summed E-state index contributed by atoms with van der Waals surface area (Å²) in [7, 11) is 1.35. The van der Waals surface area contributed by atoms with Crippen LogP contribution in [-0.4, -0.2) is 40.7 Å². The molecule has 0 saturated carbocycles. The minimum absolute atomic E-state index is 0.0975. The summed E-state index contributed by atoms with van der Waals surface area (Å²) in [5.74, 6) is 0.550. The van der Waals surface area contributed by atoms with Gasteiger partial charge in [-0.2, -0.15) is 11.8 Å². The standard InChI is InChI=1S/C12H19N3O4S/c1-7(2)10-14-15-12(19-10)13-9(16)6-20-5-8(3)11(17)18-4/h7-8H,5-6H2,1-4H3,(H,13,15,16). The largest absolute Gasteiger partial charge is 0.469 e. The number of rotatable bonds is 7. The first-order chi connectivity index (χ1) is 9.43. The number of thioether (sulfide) groups is 1. The Labute approximate surface area is 121 Å². The van der Waals surface area contributed by atoms with Crippen LogP contribution in [0.5, 0.6) is 0 Å². The van der Waals surface area contributed by atoms with Gasteiger partial charge < -0.3 is 9.15 Å². The first-order valence-electron chi connectivity index (χ1n) is 6.22. The zero-order valence-corrected chi connectivity index (χ0v) is 12.8. The third-order valence-corrected chi connectivity index (χ3v) is 3.59. The summed E-state index contributed by atoms with van der Waals surface area (Å²) >= 11 is 1.34. The number of amides is 1. The number of anilines is 1. The van der Waals surface area contributed by atoms with Gasteiger partial charge >= 0.3 is 12.0 Å². The van der Waals surface area contributed by atoms with Gasteiger partial charge in [-0.25, -0.2) is 0 Å². The van der Waals surface area contributed by atoms with Crippen molar-refractivity contribution in [3.8, 4) is 0 Å². The molecule has 1 aromatic heterocycles. The summed E-state index contributed by atoms with van der Waals surface area (Å²) in [4.78, 5) is 22.8. The molecule has 0 aliphatic heterocycles. The maximum Gasteiger partial charge on any atom is 0.322 e. The number of methoxy groups -OCH3 is 1. The summed E-state index contributed by atoms with van der Waals surface area (Å²) < 4.78 is 9.87. The maximum absolute atomic E-state index is 11.6. The highest BCUT2D eigenvalue weighted by Gasteiger charge is 2.15. The number of hydrogen-bond donors (Lipinski definition) is 1. The van der Waals surface area contributed by atoms with E-state index in [0.29, 0.717) is 11.6 Å². The van der Waals surface area contributed by atoms with Crippen LogP contribution >= 0.6 is 11.8 Å². The van der Waals surface area contributed by atoms with E-state index in [1.807, 2.05) is 13.8 Å². The molecule has 0 aliphatic carbocycles. The first-order valence-corrected chi connectivity index (χ1v) is 7.38. The molecule has 0 spiro atoms. The Morgan fingerprint density at radius 3 is 2.60 bits per heavy atom. The van der Waals surface area contributed by atoms with Crippen molar-refractivity contribution in [2.45, 2.75) is 26.7 Å². The van der Waals surface area contributed by atoms with Crippen LogP contribution in [0.2, 0.25) is 0 Å². The molecule has 0 fully saturated rings. The smallest absolute Gasteiger partial charge is 0.322 e. The monoisotopic (exact) mass is 301 g/mol. The summed E-state index contributed by atoms with van der Waals surface area (Å²) in [5.41, 5.74) is 0. The second kappa shape index (κ2) is 7.88. The fraction of sp³-hybridized carbons (Fsp3) is 0.667. The van der Waals surface area contributed by atoms with Gasteiger partial charge in [0.25, 0.3) is 0 Å². The zero-order valence-electron chi connectivity index (χ0n) is 12.0. The van der Waals surface area contributed by atoms with Gasteiger partial charge in [0.05, 0.1) is 18.8 Å². The molecule has 20 heavy (non-hydrogen) atoms. The van der Waals surface area contributed by atoms with Crippen molar-refractivity contribution in [1.29, 1.82) is 0 Å². The molecule has 0 aliphatic rings. The van der Waals surface area contributed by atoms with Gasteiger partial charge in [-0.1, -0.05) is 25.9 Å². The molecule has 1 aromatic rings. The molecule has 0 saturated heterocycles. The van der Waals surface area contributed by atoms with E-state index in [0.717, 1.165) is 0 Å². The summed E-state index contributed by atoms with van der Waals surface area (Å²) in [5, 5.41) is 10.1. The minimum Gasteiger partial charge on any atom is -0.469 e. The van der Waals surface area contributed by atoms with E-state index in [1.165, 1.54) is 18.9 Å². The Bertz CT molecular complexity index is 461. The normalized spacial score (nSPS) is 12.2. The predicted molar refractivity (Wildman–Crippen MR) is 75.5 cm³/mol. The number of aromatic nitrogens is 2. The van der Waals surface area contributed by atoms with E-state index in [-0.39, 0.29) is 35.5 Å². The lowest BCUT2D eigenvalue weighted by atomic mass is 10.2. The molecule has 1 amide bonds. The molecule has 1 heterocycles. The van der Waals surface area contributed by atoms with E-state index in [4.69, 9.17) is 4.42 Å². The fourth-order valence-corrected chi connectivity index (χ4v) is 2.14. The number of carbonyl (C=O) groups is 2. The van der Waals surface area contributed by atoms with E-state index in [9.17, 15) is 9.59 Å². The topological polar surface area (TPSA) is 94.3 Å². The highest BCUT2D eigenvalue weighted by atomic mass is 32.2. The van der Waals surface area contributed by atoms with E-state index < -0.39 is 0 Å². The van der Waals surface area contributed by atoms with Gasteiger partial charge in [0.2, 0.25) is 11.8 Å². The van der Waals surface area contributed by atoms with Crippen LogP contribution in [0, 0.1) is 5.92 Å². The molecule has 1 N–H and O–H groups in total. The van der Waals surface area contributed by atoms with Crippen molar-refractivity contribution >= 4 is 29.7 Å². The molecule has 1 unspecified atom stereocenters. The SMILES string of the molecule is COC(=O)C(C)CSCC(=O)Nc1nnc(C(C)C)o1. The predicted octanol–water partition coefficient (Wildman–Crippen LogP) is 1.67. The van der Waals surface area contributed by atoms with Crippen LogP contribution in [-0.2, 0) is 14.3 Å².